The summed E-state index contributed by atoms with van der Waals surface area (Å²) in [6, 6.07) is 20.7. The molecule has 0 saturated heterocycles. The van der Waals surface area contributed by atoms with Crippen molar-refractivity contribution >= 4 is 31.5 Å². The second-order valence-electron chi connectivity index (χ2n) is 6.92. The number of halogens is 1. The van der Waals surface area contributed by atoms with Gasteiger partial charge in [0.1, 0.15) is 0 Å². The van der Waals surface area contributed by atoms with E-state index in [9.17, 15) is 0 Å². The van der Waals surface area contributed by atoms with Crippen molar-refractivity contribution in [2.75, 3.05) is 0 Å². The van der Waals surface area contributed by atoms with Crippen molar-refractivity contribution in [3.8, 4) is 0 Å². The molecule has 2 aromatic carbocycles. The molecule has 1 unspecified atom stereocenters. The van der Waals surface area contributed by atoms with Gasteiger partial charge in [0.05, 0.1) is 0 Å². The molecule has 0 radical (unpaired) electrons. The molecule has 0 N–H and O–H groups in total. The van der Waals surface area contributed by atoms with Crippen molar-refractivity contribution in [1.82, 2.24) is 0 Å². The molecule has 0 aliphatic heterocycles. The number of benzene rings is 2. The van der Waals surface area contributed by atoms with Crippen LogP contribution in [0.3, 0.4) is 0 Å². The van der Waals surface area contributed by atoms with E-state index >= 15 is 0 Å². The van der Waals surface area contributed by atoms with Crippen LogP contribution in [0.25, 0.3) is 0 Å². The average molecular weight is 414 g/mol. The standard InChI is InChI=1S/C22H25ClGeO/c1-17(2)19-15-14-18(3)22(16-19)25-24(23,20-10-6-4-7-11-20)21-12-8-5-9-13-21/h4-13,19H,1,14-16H2,2-3H3. The van der Waals surface area contributed by atoms with E-state index in [1.165, 1.54) is 11.1 Å². The molecule has 0 amide bonds. The molecule has 0 bridgehead atoms. The SMILES string of the molecule is C=C(C)C1CCC(C)=C([O][Ge]([Cl])([c]2ccccc2)[c]2ccccc2)C1. The fraction of sp³-hybridized carbons (Fsp3) is 0.273. The Morgan fingerprint density at radius 2 is 1.56 bits per heavy atom. The Morgan fingerprint density at radius 3 is 2.04 bits per heavy atom. The molecule has 0 aromatic heterocycles. The molecule has 1 nitrogen and oxygen atoms in total. The van der Waals surface area contributed by atoms with Gasteiger partial charge in [-0.3, -0.25) is 0 Å². The Balaban J connectivity index is 2.00. The van der Waals surface area contributed by atoms with Gasteiger partial charge in [0.15, 0.2) is 0 Å². The van der Waals surface area contributed by atoms with Gasteiger partial charge in [-0.05, 0) is 0 Å². The van der Waals surface area contributed by atoms with Gasteiger partial charge in [0, 0.05) is 0 Å². The second kappa shape index (κ2) is 7.84. The molecular weight excluding hydrogens is 388 g/mol. The first-order valence-electron chi connectivity index (χ1n) is 8.83. The summed E-state index contributed by atoms with van der Waals surface area (Å²) in [6.07, 6.45) is 3.14. The zero-order chi connectivity index (χ0) is 17.9. The van der Waals surface area contributed by atoms with Gasteiger partial charge in [-0.25, -0.2) is 0 Å². The molecule has 3 rings (SSSR count). The van der Waals surface area contributed by atoms with Crippen LogP contribution in [0.1, 0.15) is 33.1 Å². The summed E-state index contributed by atoms with van der Waals surface area (Å²) < 4.78 is 9.00. The van der Waals surface area contributed by atoms with E-state index in [0.29, 0.717) is 5.92 Å². The molecule has 0 saturated carbocycles. The third-order valence-corrected chi connectivity index (χ3v) is 13.3. The summed E-state index contributed by atoms with van der Waals surface area (Å²) >= 11 is -3.44. The number of rotatable bonds is 5. The van der Waals surface area contributed by atoms with Crippen LogP contribution in [0.4, 0.5) is 0 Å². The van der Waals surface area contributed by atoms with Gasteiger partial charge >= 0.3 is 158 Å². The molecule has 1 aliphatic rings. The summed E-state index contributed by atoms with van der Waals surface area (Å²) in [7, 11) is 7.32. The number of allylic oxidation sites excluding steroid dienone is 3. The zero-order valence-corrected chi connectivity index (χ0v) is 17.8. The van der Waals surface area contributed by atoms with Gasteiger partial charge in [-0.15, -0.1) is 0 Å². The van der Waals surface area contributed by atoms with E-state index in [2.05, 4.69) is 44.7 Å². The van der Waals surface area contributed by atoms with Crippen molar-refractivity contribution in [2.45, 2.75) is 33.1 Å². The molecule has 2 aromatic rings. The molecule has 25 heavy (non-hydrogen) atoms. The van der Waals surface area contributed by atoms with Crippen LogP contribution in [0.2, 0.25) is 0 Å². The van der Waals surface area contributed by atoms with Gasteiger partial charge in [0.25, 0.3) is 0 Å². The van der Waals surface area contributed by atoms with Crippen LogP contribution in [0.15, 0.2) is 84.1 Å². The van der Waals surface area contributed by atoms with Crippen LogP contribution in [0, 0.1) is 5.92 Å². The van der Waals surface area contributed by atoms with E-state index in [4.69, 9.17) is 13.8 Å². The minimum atomic E-state index is -3.44. The zero-order valence-electron chi connectivity index (χ0n) is 15.0. The van der Waals surface area contributed by atoms with Crippen molar-refractivity contribution in [2.24, 2.45) is 5.92 Å². The van der Waals surface area contributed by atoms with Crippen LogP contribution in [0.5, 0.6) is 0 Å². The Kier molecular flexibility index (Phi) is 5.75. The Labute approximate surface area is 158 Å². The molecule has 1 aliphatic carbocycles. The van der Waals surface area contributed by atoms with E-state index in [-0.39, 0.29) is 0 Å². The van der Waals surface area contributed by atoms with Crippen LogP contribution in [-0.2, 0) is 3.76 Å². The first-order valence-corrected chi connectivity index (χ1v) is 14.5. The van der Waals surface area contributed by atoms with Crippen LogP contribution >= 0.6 is 10.0 Å². The van der Waals surface area contributed by atoms with Gasteiger partial charge < -0.3 is 0 Å². The Bertz CT molecular complexity index is 728. The summed E-state index contributed by atoms with van der Waals surface area (Å²) in [5.41, 5.74) is 2.57. The van der Waals surface area contributed by atoms with E-state index < -0.39 is 12.7 Å². The van der Waals surface area contributed by atoms with E-state index in [1.807, 2.05) is 36.4 Å². The minimum absolute atomic E-state index is 0.494. The molecule has 130 valence electrons. The maximum absolute atomic E-state index is 7.32. The number of hydrogen-bond acceptors (Lipinski definition) is 1. The van der Waals surface area contributed by atoms with E-state index in [0.717, 1.165) is 33.8 Å². The third-order valence-electron chi connectivity index (χ3n) is 5.03. The van der Waals surface area contributed by atoms with Crippen LogP contribution in [-0.4, -0.2) is 12.7 Å². The second-order valence-corrected chi connectivity index (χ2v) is 15.0. The fourth-order valence-electron chi connectivity index (χ4n) is 3.34. The monoisotopic (exact) mass is 414 g/mol. The maximum atomic E-state index is 7.32. The van der Waals surface area contributed by atoms with Crippen molar-refractivity contribution in [3.05, 3.63) is 84.1 Å². The quantitative estimate of drug-likeness (QED) is 0.487. The molecule has 0 spiro atoms. The van der Waals surface area contributed by atoms with Gasteiger partial charge in [-0.2, -0.15) is 0 Å². The molecule has 0 heterocycles. The topological polar surface area (TPSA) is 9.23 Å². The molecule has 1 atom stereocenters. The van der Waals surface area contributed by atoms with E-state index in [1.54, 1.807) is 0 Å². The third kappa shape index (κ3) is 4.04. The normalized spacial score (nSPS) is 18.1. The first-order chi connectivity index (χ1) is 12.0. The summed E-state index contributed by atoms with van der Waals surface area (Å²) in [5.74, 6) is 1.58. The summed E-state index contributed by atoms with van der Waals surface area (Å²) in [5, 5.41) is 0. The Hall–Kier alpha value is -1.45. The van der Waals surface area contributed by atoms with Crippen LogP contribution < -0.4 is 8.79 Å². The predicted molar refractivity (Wildman–Crippen MR) is 110 cm³/mol. The first kappa shape index (κ1) is 18.3. The van der Waals surface area contributed by atoms with Crippen molar-refractivity contribution in [3.63, 3.8) is 0 Å². The Morgan fingerprint density at radius 1 is 1.04 bits per heavy atom. The molecular formula is C22H25ClGeO. The summed E-state index contributed by atoms with van der Waals surface area (Å²) in [6.45, 7) is 8.45. The number of hydrogen-bond donors (Lipinski definition) is 0. The summed E-state index contributed by atoms with van der Waals surface area (Å²) in [4.78, 5) is 0. The average Bonchev–Trinajstić information content (AvgIpc) is 2.64. The van der Waals surface area contributed by atoms with Crippen molar-refractivity contribution < 1.29 is 3.76 Å². The van der Waals surface area contributed by atoms with Gasteiger partial charge in [-0.1, -0.05) is 0 Å². The molecule has 3 heteroatoms. The van der Waals surface area contributed by atoms with Gasteiger partial charge in [0.2, 0.25) is 0 Å². The van der Waals surface area contributed by atoms with Crippen molar-refractivity contribution in [1.29, 1.82) is 0 Å². The molecule has 0 fully saturated rings. The predicted octanol–water partition coefficient (Wildman–Crippen LogP) is 5.15. The fourth-order valence-corrected chi connectivity index (χ4v) is 10.2.